The summed E-state index contributed by atoms with van der Waals surface area (Å²) in [5.74, 6) is -1.31. The Labute approximate surface area is 630 Å². The zero-order valence-electron chi connectivity index (χ0n) is 62.2. The highest BCUT2D eigenvalue weighted by atomic mass is 32.2. The standard InChI is InChI=1S/C84H96N12O11S/c1-7-91(8-2)64-35-39-69-74(51-64)107-75-52-65(92(9-3)10-4)36-40-70(75)80(69)67-25-16-17-26-68(67)84(104)94-47-45-93(46-48-94)79(101)42-41-77(99)85-43-18-12-15-28-78(100)88-71(49-58-29-33-62(34-30-58)82(102)61-21-13-11-14-22-61)83(103)87-53-63-55-96(90-89-63)72(50-59-31-37-66(97)38-32-59)73(98)56-95(54-57(5)6)108(105,106)76-27-19-23-60-24-20-44-86-81(60)76/h11,13-14,16-17,19-27,29-40,44,51-52,55,57,71-73,98H,7-10,12,15,18,28,41-43,45-50,53-54,56H2,1-6H3,(H3-,85,87,88,97,99,100,103)/p+1/t71-,72-,73?/m0/s1. The van der Waals surface area contributed by atoms with Crippen LogP contribution in [0.1, 0.15) is 129 Å². The van der Waals surface area contributed by atoms with Crippen molar-refractivity contribution in [2.45, 2.75) is 123 Å². The average Bonchev–Trinajstić information content (AvgIpc) is 0.810. The molecule has 0 radical (unpaired) electrons. The lowest BCUT2D eigenvalue weighted by atomic mass is 9.92. The quantitative estimate of drug-likeness (QED) is 0.00616. The predicted molar refractivity (Wildman–Crippen MR) is 426 cm³/mol. The Hall–Kier alpha value is -11.0. The molecule has 2 amide bonds. The average molecular weight is 1480 g/mol. The monoisotopic (exact) mass is 1480 g/mol. The van der Waals surface area contributed by atoms with Gasteiger partial charge in [-0.25, -0.2) is 27.5 Å². The number of rotatable bonds is 35. The van der Waals surface area contributed by atoms with Crippen LogP contribution in [0, 0.1) is 5.92 Å². The number of fused-ring (bicyclic) bond motifs is 3. The van der Waals surface area contributed by atoms with Gasteiger partial charge in [0.15, 0.2) is 17.6 Å². The van der Waals surface area contributed by atoms with E-state index in [4.69, 9.17) is 4.42 Å². The second-order valence-electron chi connectivity index (χ2n) is 27.6. The van der Waals surface area contributed by atoms with Crippen LogP contribution in [0.4, 0.5) is 11.4 Å². The zero-order valence-corrected chi connectivity index (χ0v) is 63.0. The van der Waals surface area contributed by atoms with Crippen molar-refractivity contribution in [3.63, 3.8) is 0 Å². The van der Waals surface area contributed by atoms with Crippen molar-refractivity contribution in [3.8, 4) is 16.9 Å². The van der Waals surface area contributed by atoms with Gasteiger partial charge >= 0.3 is 11.2 Å². The number of phenolic OH excluding ortho intramolecular Hbond substituents is 1. The van der Waals surface area contributed by atoms with Gasteiger partial charge in [0.05, 0.1) is 53.3 Å². The lowest BCUT2D eigenvalue weighted by Crippen LogP contribution is -2.50. The third kappa shape index (κ3) is 19.2. The molecule has 24 heteroatoms. The summed E-state index contributed by atoms with van der Waals surface area (Å²) in [5, 5.41) is 67.5. The molecule has 10 aromatic rings. The molecule has 7 aromatic carbocycles. The normalized spacial score (nSPS) is 14.1. The van der Waals surface area contributed by atoms with Crippen LogP contribution in [0.3, 0.4) is 0 Å². The topological polar surface area (TPSA) is 295 Å². The van der Waals surface area contributed by atoms with E-state index in [1.54, 1.807) is 101 Å². The highest BCUT2D eigenvalue weighted by molar-refractivity contribution is 7.89. The fraction of sp³-hybridized carbons (Fsp3) is 0.357. The number of unbranched alkanes of at least 4 members (excludes halogenated alkanes) is 2. The number of aromatic hydroxyl groups is 1. The van der Waals surface area contributed by atoms with E-state index in [9.17, 15) is 48.3 Å². The predicted octanol–water partition coefficient (Wildman–Crippen LogP) is 14.1. The van der Waals surface area contributed by atoms with Gasteiger partial charge in [0.25, 0.3) is 5.91 Å². The first-order valence-corrected chi connectivity index (χ1v) is 38.8. The minimum atomic E-state index is -4.21. The van der Waals surface area contributed by atoms with Crippen molar-refractivity contribution < 1.29 is 52.8 Å². The summed E-state index contributed by atoms with van der Waals surface area (Å²) in [5.41, 5.74) is 8.84. The van der Waals surface area contributed by atoms with Gasteiger partial charge in [0.1, 0.15) is 22.4 Å². The Morgan fingerprint density at radius 2 is 1.25 bits per heavy atom. The molecular formula is C84H97N12O11S+. The van der Waals surface area contributed by atoms with E-state index in [-0.39, 0.29) is 110 Å². The van der Waals surface area contributed by atoms with Gasteiger partial charge in [0, 0.05) is 143 Å². The largest absolute Gasteiger partial charge is 0.508 e. The van der Waals surface area contributed by atoms with Crippen LogP contribution in [-0.2, 0) is 34.2 Å². The molecule has 1 unspecified atom stereocenters. The van der Waals surface area contributed by atoms with Crippen LogP contribution < -0.4 is 9.80 Å². The lowest BCUT2D eigenvalue weighted by molar-refractivity contribution is -0.132. The molecule has 4 heterocycles. The third-order valence-electron chi connectivity index (χ3n) is 19.8. The minimum Gasteiger partial charge on any atom is -0.508 e. The molecule has 1 aliphatic rings. The maximum Gasteiger partial charge on any atom is 0.363 e. The Morgan fingerprint density at radius 1 is 0.630 bits per heavy atom. The molecule has 0 bridgehead atoms. The van der Waals surface area contributed by atoms with Crippen LogP contribution in [0.25, 0.3) is 44.0 Å². The molecule has 0 aliphatic carbocycles. The number of carbonyl (C=O) groups is 3. The first kappa shape index (κ1) is 78.1. The summed E-state index contributed by atoms with van der Waals surface area (Å²) >= 11 is 0. The van der Waals surface area contributed by atoms with Gasteiger partial charge in [-0.2, -0.15) is 4.31 Å². The molecule has 5 N–H and O–H groups in total. The van der Waals surface area contributed by atoms with E-state index in [2.05, 4.69) is 104 Å². The summed E-state index contributed by atoms with van der Waals surface area (Å²) in [6.45, 7) is 16.9. The number of phenols is 1. The number of aliphatic hydroxyl groups excluding tert-OH is 4. The summed E-state index contributed by atoms with van der Waals surface area (Å²) in [6, 6.07) is 49.1. The van der Waals surface area contributed by atoms with Crippen LogP contribution >= 0.6 is 0 Å². The second kappa shape index (κ2) is 36.6. The molecule has 1 aliphatic heterocycles. The van der Waals surface area contributed by atoms with Crippen LogP contribution in [0.2, 0.25) is 0 Å². The minimum absolute atomic E-state index is 0.0104. The number of aliphatic imine (C=N–C) groups is 3. The molecule has 0 spiro atoms. The van der Waals surface area contributed by atoms with Crippen LogP contribution in [-0.4, -0.2) is 187 Å². The molecule has 108 heavy (non-hydrogen) atoms. The lowest BCUT2D eigenvalue weighted by Gasteiger charge is -2.35. The maximum atomic E-state index is 14.7. The summed E-state index contributed by atoms with van der Waals surface area (Å²) in [6.07, 6.45) is 3.87. The molecule has 3 aromatic heterocycles. The highest BCUT2D eigenvalue weighted by Crippen LogP contribution is 2.41. The first-order chi connectivity index (χ1) is 52.2. The number of ketones is 1. The molecular weight excluding hydrogens is 1390 g/mol. The highest BCUT2D eigenvalue weighted by Gasteiger charge is 2.35. The molecule has 564 valence electrons. The number of anilines is 2. The van der Waals surface area contributed by atoms with E-state index >= 15 is 0 Å². The van der Waals surface area contributed by atoms with Gasteiger partial charge in [0.2, 0.25) is 21.8 Å². The fourth-order valence-electron chi connectivity index (χ4n) is 13.9. The van der Waals surface area contributed by atoms with Gasteiger partial charge in [-0.1, -0.05) is 129 Å². The Bertz CT molecular complexity index is 4890. The first-order valence-electron chi connectivity index (χ1n) is 37.3. The van der Waals surface area contributed by atoms with Crippen molar-refractivity contribution in [2.24, 2.45) is 20.9 Å². The van der Waals surface area contributed by atoms with Gasteiger partial charge in [-0.3, -0.25) is 24.4 Å². The fourth-order valence-corrected chi connectivity index (χ4v) is 15.7. The maximum absolute atomic E-state index is 14.7. The summed E-state index contributed by atoms with van der Waals surface area (Å²) in [7, 11) is -4.21. The van der Waals surface area contributed by atoms with Crippen molar-refractivity contribution in [1.82, 2.24) is 34.1 Å². The van der Waals surface area contributed by atoms with Crippen LogP contribution in [0.5, 0.6) is 5.75 Å². The number of benzene rings is 7. The van der Waals surface area contributed by atoms with E-state index in [0.717, 1.165) is 70.6 Å². The number of sulfonamides is 1. The number of piperazine rings is 1. The van der Waals surface area contributed by atoms with E-state index < -0.39 is 34.1 Å². The van der Waals surface area contributed by atoms with E-state index in [1.807, 2.05) is 44.2 Å². The van der Waals surface area contributed by atoms with Gasteiger partial charge in [-0.15, -0.1) is 5.10 Å². The molecule has 0 saturated carbocycles. The summed E-state index contributed by atoms with van der Waals surface area (Å²) < 4.78 is 38.6. The number of para-hydroxylation sites is 1. The number of aliphatic hydroxyl groups is 4. The van der Waals surface area contributed by atoms with Gasteiger partial charge < -0.3 is 45.1 Å². The SMILES string of the molecule is CCN(CC)c1ccc2c(-c3ccccc3C(=O)N3CCN(C(=O)CCC(O)=NCCCCCC(O)=N[C@@H](Cc4ccc(C(=O)c5ccccc5)cc4)C(O)=NCc4cn([C@@H](Cc5ccc(O)cc5)C(O)CN(CC(C)C)S(=O)(=O)c5cccc6cccnc56)nn4)CC3)c3ccc(N(CC)CC)cc3[o+]c2c1. The summed E-state index contributed by atoms with van der Waals surface area (Å²) in [4.78, 5) is 67.5. The number of carbonyl (C=O) groups excluding carboxylic acids is 3. The molecule has 1 fully saturated rings. The Balaban J connectivity index is 0.706. The molecule has 3 atom stereocenters. The zero-order chi connectivity index (χ0) is 76.4. The third-order valence-corrected chi connectivity index (χ3v) is 21.7. The molecule has 1 saturated heterocycles. The Morgan fingerprint density at radius 3 is 1.92 bits per heavy atom. The van der Waals surface area contributed by atoms with E-state index in [1.165, 1.54) is 33.4 Å². The number of aromatic nitrogens is 4. The van der Waals surface area contributed by atoms with Crippen molar-refractivity contribution in [2.75, 3.05) is 81.8 Å². The number of hydrogen-bond donors (Lipinski definition) is 5. The van der Waals surface area contributed by atoms with Crippen molar-refractivity contribution in [1.29, 1.82) is 0 Å². The smallest absolute Gasteiger partial charge is 0.363 e. The molecule has 23 nitrogen and oxygen atoms in total. The number of hydrogen-bond acceptors (Lipinski definition) is 15. The molecule has 11 rings (SSSR count). The van der Waals surface area contributed by atoms with E-state index in [0.29, 0.717) is 84.2 Å². The Kier molecular flexibility index (Phi) is 26.5. The van der Waals surface area contributed by atoms with Crippen molar-refractivity contribution in [3.05, 3.63) is 216 Å². The number of pyridine rings is 1. The second-order valence-corrected chi connectivity index (χ2v) is 29.5. The van der Waals surface area contributed by atoms with Crippen molar-refractivity contribution >= 4 is 89.5 Å². The number of nitrogens with zero attached hydrogens (tertiary/aromatic N) is 12. The van der Waals surface area contributed by atoms with Gasteiger partial charge in [-0.05, 0) is 124 Å². The number of amides is 2. The van der Waals surface area contributed by atoms with Crippen LogP contribution in [0.15, 0.2) is 207 Å².